The molecule has 4 heteroatoms. The number of hydrogen-bond donors (Lipinski definition) is 1. The summed E-state index contributed by atoms with van der Waals surface area (Å²) < 4.78 is 5.28. The molecular weight excluding hydrogens is 248 g/mol. The molecule has 0 aliphatic heterocycles. The molecule has 1 rings (SSSR count). The Bertz CT molecular complexity index is 435. The molecule has 0 heterocycles. The number of ether oxygens (including phenoxy) is 1. The molecule has 1 unspecified atom stereocenters. The van der Waals surface area contributed by atoms with Crippen LogP contribution in [-0.2, 0) is 10.2 Å². The second-order valence-electron chi connectivity index (χ2n) is 5.21. The number of methoxy groups -OCH3 is 1. The molecule has 1 atom stereocenters. The highest BCUT2D eigenvalue weighted by molar-refractivity contribution is 8.00. The molecule has 0 saturated carbocycles. The monoisotopic (exact) mass is 268 g/mol. The quantitative estimate of drug-likeness (QED) is 0.848. The summed E-state index contributed by atoms with van der Waals surface area (Å²) in [5, 5.41) is 8.48. The van der Waals surface area contributed by atoms with Crippen LogP contribution in [0.5, 0.6) is 5.75 Å². The van der Waals surface area contributed by atoms with Gasteiger partial charge in [0.05, 0.1) is 12.0 Å². The summed E-state index contributed by atoms with van der Waals surface area (Å²) in [5.41, 5.74) is 1.21. The zero-order valence-electron chi connectivity index (χ0n) is 11.5. The third-order valence-corrected chi connectivity index (χ3v) is 3.81. The summed E-state index contributed by atoms with van der Waals surface area (Å²) in [4.78, 5) is 11.8. The van der Waals surface area contributed by atoms with Crippen molar-refractivity contribution < 1.29 is 14.6 Å². The van der Waals surface area contributed by atoms with Gasteiger partial charge in [-0.05, 0) is 30.0 Å². The highest BCUT2D eigenvalue weighted by Gasteiger charge is 2.19. The lowest BCUT2D eigenvalue weighted by Gasteiger charge is -2.21. The van der Waals surface area contributed by atoms with E-state index in [1.165, 1.54) is 17.3 Å². The average molecular weight is 268 g/mol. The SMILES string of the molecule is COc1ccc(C(C)(C)C)cc1SC(C)C(=O)O. The summed E-state index contributed by atoms with van der Waals surface area (Å²) >= 11 is 1.31. The van der Waals surface area contributed by atoms with E-state index in [-0.39, 0.29) is 5.41 Å². The summed E-state index contributed by atoms with van der Waals surface area (Å²) in [6, 6.07) is 5.94. The van der Waals surface area contributed by atoms with E-state index in [1.807, 2.05) is 18.2 Å². The van der Waals surface area contributed by atoms with Crippen LogP contribution < -0.4 is 4.74 Å². The zero-order chi connectivity index (χ0) is 13.9. The van der Waals surface area contributed by atoms with Gasteiger partial charge in [-0.2, -0.15) is 0 Å². The van der Waals surface area contributed by atoms with Crippen LogP contribution in [0.25, 0.3) is 0 Å². The van der Waals surface area contributed by atoms with Gasteiger partial charge < -0.3 is 9.84 Å². The summed E-state index contributed by atoms with van der Waals surface area (Å²) in [7, 11) is 1.60. The van der Waals surface area contributed by atoms with Crippen molar-refractivity contribution in [1.29, 1.82) is 0 Å². The Kier molecular flexibility index (Phi) is 4.68. The van der Waals surface area contributed by atoms with E-state index in [9.17, 15) is 4.79 Å². The minimum atomic E-state index is -0.816. The van der Waals surface area contributed by atoms with Crippen LogP contribution in [0.15, 0.2) is 23.1 Å². The number of carboxylic acids is 1. The Morgan fingerprint density at radius 3 is 2.44 bits per heavy atom. The number of rotatable bonds is 4. The van der Waals surface area contributed by atoms with Crippen LogP contribution in [-0.4, -0.2) is 23.4 Å². The largest absolute Gasteiger partial charge is 0.496 e. The Labute approximate surface area is 113 Å². The molecule has 0 aliphatic carbocycles. The fraction of sp³-hybridized carbons (Fsp3) is 0.500. The van der Waals surface area contributed by atoms with Crippen molar-refractivity contribution in [3.8, 4) is 5.75 Å². The maximum absolute atomic E-state index is 10.9. The molecule has 0 spiro atoms. The number of thioether (sulfide) groups is 1. The second kappa shape index (κ2) is 5.65. The first-order valence-corrected chi connectivity index (χ1v) is 6.71. The summed E-state index contributed by atoms with van der Waals surface area (Å²) in [5.74, 6) is -0.0932. The molecule has 3 nitrogen and oxygen atoms in total. The lowest BCUT2D eigenvalue weighted by Crippen LogP contribution is -2.13. The van der Waals surface area contributed by atoms with Crippen molar-refractivity contribution >= 4 is 17.7 Å². The Hall–Kier alpha value is -1.16. The van der Waals surface area contributed by atoms with Crippen molar-refractivity contribution in [1.82, 2.24) is 0 Å². The molecule has 1 N–H and O–H groups in total. The fourth-order valence-corrected chi connectivity index (χ4v) is 2.42. The van der Waals surface area contributed by atoms with Gasteiger partial charge in [-0.1, -0.05) is 26.8 Å². The first-order chi connectivity index (χ1) is 8.25. The van der Waals surface area contributed by atoms with Gasteiger partial charge in [0.2, 0.25) is 0 Å². The minimum Gasteiger partial charge on any atom is -0.496 e. The van der Waals surface area contributed by atoms with E-state index < -0.39 is 11.2 Å². The number of carboxylic acid groups (broad SMARTS) is 1. The van der Waals surface area contributed by atoms with Gasteiger partial charge in [-0.15, -0.1) is 11.8 Å². The van der Waals surface area contributed by atoms with E-state index in [2.05, 4.69) is 20.8 Å². The van der Waals surface area contributed by atoms with Crippen LogP contribution in [0, 0.1) is 0 Å². The number of benzene rings is 1. The predicted octanol–water partition coefficient (Wildman–Crippen LogP) is 3.56. The van der Waals surface area contributed by atoms with Gasteiger partial charge in [0, 0.05) is 0 Å². The predicted molar refractivity (Wildman–Crippen MR) is 74.6 cm³/mol. The van der Waals surface area contributed by atoms with E-state index in [0.717, 1.165) is 10.6 Å². The van der Waals surface area contributed by atoms with Crippen molar-refractivity contribution in [2.24, 2.45) is 0 Å². The van der Waals surface area contributed by atoms with Gasteiger partial charge in [0.1, 0.15) is 11.0 Å². The number of carbonyl (C=O) groups is 1. The van der Waals surface area contributed by atoms with Gasteiger partial charge >= 0.3 is 5.97 Å². The van der Waals surface area contributed by atoms with E-state index in [0.29, 0.717) is 0 Å². The fourth-order valence-electron chi connectivity index (χ4n) is 1.48. The van der Waals surface area contributed by atoms with Crippen molar-refractivity contribution in [2.75, 3.05) is 7.11 Å². The summed E-state index contributed by atoms with van der Waals surface area (Å²) in [6.45, 7) is 8.06. The Balaban J connectivity index is 3.10. The molecule has 100 valence electrons. The lowest BCUT2D eigenvalue weighted by atomic mass is 9.87. The molecule has 0 aliphatic rings. The molecule has 1 aromatic carbocycles. The highest BCUT2D eigenvalue weighted by Crippen LogP contribution is 2.36. The van der Waals surface area contributed by atoms with E-state index in [1.54, 1.807) is 14.0 Å². The van der Waals surface area contributed by atoms with Gasteiger partial charge in [0.15, 0.2) is 0 Å². The van der Waals surface area contributed by atoms with Crippen molar-refractivity contribution in [2.45, 2.75) is 43.3 Å². The van der Waals surface area contributed by atoms with E-state index >= 15 is 0 Å². The van der Waals surface area contributed by atoms with Gasteiger partial charge in [-0.3, -0.25) is 4.79 Å². The zero-order valence-corrected chi connectivity index (χ0v) is 12.3. The van der Waals surface area contributed by atoms with Crippen molar-refractivity contribution in [3.63, 3.8) is 0 Å². The topological polar surface area (TPSA) is 46.5 Å². The second-order valence-corrected chi connectivity index (χ2v) is 6.60. The third-order valence-electron chi connectivity index (χ3n) is 2.68. The molecule has 0 bridgehead atoms. The van der Waals surface area contributed by atoms with Crippen LogP contribution in [0.1, 0.15) is 33.3 Å². The molecule has 0 amide bonds. The van der Waals surface area contributed by atoms with Crippen LogP contribution in [0.3, 0.4) is 0 Å². The minimum absolute atomic E-state index is 0.0358. The van der Waals surface area contributed by atoms with Crippen molar-refractivity contribution in [3.05, 3.63) is 23.8 Å². The van der Waals surface area contributed by atoms with Crippen LogP contribution in [0.4, 0.5) is 0 Å². The number of hydrogen-bond acceptors (Lipinski definition) is 3. The smallest absolute Gasteiger partial charge is 0.316 e. The summed E-state index contributed by atoms with van der Waals surface area (Å²) in [6.07, 6.45) is 0. The molecule has 0 aromatic heterocycles. The first kappa shape index (κ1) is 14.9. The Morgan fingerprint density at radius 1 is 1.39 bits per heavy atom. The number of aliphatic carboxylic acids is 1. The molecule has 1 aromatic rings. The standard InChI is InChI=1S/C14H20O3S/c1-9(13(15)16)18-12-8-10(14(2,3)4)6-7-11(12)17-5/h6-9H,1-5H3,(H,15,16). The molecule has 0 radical (unpaired) electrons. The van der Waals surface area contributed by atoms with Gasteiger partial charge in [0.25, 0.3) is 0 Å². The third kappa shape index (κ3) is 3.67. The normalized spacial score (nSPS) is 13.2. The maximum Gasteiger partial charge on any atom is 0.316 e. The maximum atomic E-state index is 10.9. The average Bonchev–Trinajstić information content (AvgIpc) is 2.27. The lowest BCUT2D eigenvalue weighted by molar-refractivity contribution is -0.136. The van der Waals surface area contributed by atoms with Crippen LogP contribution >= 0.6 is 11.8 Å². The van der Waals surface area contributed by atoms with Crippen LogP contribution in [0.2, 0.25) is 0 Å². The molecule has 0 fully saturated rings. The molecule has 0 saturated heterocycles. The van der Waals surface area contributed by atoms with E-state index in [4.69, 9.17) is 9.84 Å². The highest BCUT2D eigenvalue weighted by atomic mass is 32.2. The Morgan fingerprint density at radius 2 is 2.00 bits per heavy atom. The molecule has 18 heavy (non-hydrogen) atoms. The first-order valence-electron chi connectivity index (χ1n) is 5.83. The van der Waals surface area contributed by atoms with Gasteiger partial charge in [-0.25, -0.2) is 0 Å². The molecular formula is C14H20O3S.